The molecular weight excluding hydrogens is 229 g/mol. The monoisotopic (exact) mass is 240 g/mol. The van der Waals surface area contributed by atoms with Crippen molar-refractivity contribution in [1.82, 2.24) is 0 Å². The van der Waals surface area contributed by atoms with E-state index in [0.29, 0.717) is 5.69 Å². The molecule has 0 amide bonds. The molecule has 0 spiro atoms. The topological polar surface area (TPSA) is 35.8 Å². The van der Waals surface area contributed by atoms with E-state index in [4.69, 9.17) is 5.26 Å². The highest BCUT2D eigenvalue weighted by molar-refractivity contribution is 5.55. The number of halogens is 3. The summed E-state index contributed by atoms with van der Waals surface area (Å²) in [4.78, 5) is 0. The van der Waals surface area contributed by atoms with Gasteiger partial charge in [-0.15, -0.1) is 0 Å². The lowest BCUT2D eigenvalue weighted by atomic mass is 10.1. The first-order valence-electron chi connectivity index (χ1n) is 5.24. The third kappa shape index (κ3) is 2.52. The van der Waals surface area contributed by atoms with Gasteiger partial charge >= 0.3 is 6.18 Å². The van der Waals surface area contributed by atoms with Crippen molar-refractivity contribution in [3.63, 3.8) is 0 Å². The van der Waals surface area contributed by atoms with Crippen molar-refractivity contribution in [2.75, 3.05) is 5.32 Å². The Morgan fingerprint density at radius 3 is 2.47 bits per heavy atom. The third-order valence-corrected chi connectivity index (χ3v) is 2.89. The van der Waals surface area contributed by atoms with Crippen molar-refractivity contribution in [2.24, 2.45) is 0 Å². The fraction of sp³-hybridized carbons (Fsp3) is 0.417. The van der Waals surface area contributed by atoms with Gasteiger partial charge in [-0.3, -0.25) is 0 Å². The maximum atomic E-state index is 12.5. The Kier molecular flexibility index (Phi) is 2.53. The quantitative estimate of drug-likeness (QED) is 0.858. The van der Waals surface area contributed by atoms with Crippen LogP contribution in [-0.4, -0.2) is 5.54 Å². The Hall–Kier alpha value is -1.70. The maximum absolute atomic E-state index is 12.5. The van der Waals surface area contributed by atoms with Crippen molar-refractivity contribution in [2.45, 2.75) is 31.5 Å². The Morgan fingerprint density at radius 1 is 1.35 bits per heavy atom. The van der Waals surface area contributed by atoms with Crippen LogP contribution in [0.2, 0.25) is 0 Å². The molecule has 1 saturated carbocycles. The van der Waals surface area contributed by atoms with E-state index in [2.05, 4.69) is 5.32 Å². The van der Waals surface area contributed by atoms with Gasteiger partial charge in [0.1, 0.15) is 0 Å². The van der Waals surface area contributed by atoms with Crippen molar-refractivity contribution in [3.8, 4) is 6.07 Å². The van der Waals surface area contributed by atoms with Crippen LogP contribution in [0.4, 0.5) is 18.9 Å². The van der Waals surface area contributed by atoms with Crippen LogP contribution in [0.15, 0.2) is 18.2 Å². The van der Waals surface area contributed by atoms with Crippen LogP contribution in [0.1, 0.15) is 30.9 Å². The fourth-order valence-electron chi connectivity index (χ4n) is 1.62. The van der Waals surface area contributed by atoms with Gasteiger partial charge in [-0.05, 0) is 38.0 Å². The van der Waals surface area contributed by atoms with Gasteiger partial charge in [0, 0.05) is 11.2 Å². The molecule has 0 unspecified atom stereocenters. The van der Waals surface area contributed by atoms with Crippen LogP contribution in [-0.2, 0) is 6.18 Å². The Morgan fingerprint density at radius 2 is 2.00 bits per heavy atom. The number of hydrogen-bond donors (Lipinski definition) is 1. The van der Waals surface area contributed by atoms with E-state index in [1.165, 1.54) is 12.1 Å². The van der Waals surface area contributed by atoms with Crippen molar-refractivity contribution in [1.29, 1.82) is 5.26 Å². The van der Waals surface area contributed by atoms with Gasteiger partial charge in [0.25, 0.3) is 0 Å². The predicted molar refractivity (Wildman–Crippen MR) is 57.4 cm³/mol. The van der Waals surface area contributed by atoms with Crippen molar-refractivity contribution < 1.29 is 13.2 Å². The zero-order chi connectivity index (χ0) is 12.7. The molecule has 2 nitrogen and oxygen atoms in total. The number of nitrogens with zero attached hydrogens (tertiary/aromatic N) is 1. The molecular formula is C12H11F3N2. The highest BCUT2D eigenvalue weighted by Crippen LogP contribution is 2.39. The number of anilines is 1. The molecule has 1 aromatic rings. The molecule has 0 radical (unpaired) electrons. The average molecular weight is 240 g/mol. The number of alkyl halides is 3. The number of benzene rings is 1. The van der Waals surface area contributed by atoms with Gasteiger partial charge in [0.15, 0.2) is 0 Å². The standard InChI is InChI=1S/C12H11F3N2/c1-11(4-5-11)17-9-2-3-10(12(13,14)15)8(6-9)7-16/h2-3,6,17H,4-5H2,1H3. The molecule has 90 valence electrons. The lowest BCUT2D eigenvalue weighted by Crippen LogP contribution is -2.16. The second-order valence-electron chi connectivity index (χ2n) is 4.56. The van der Waals surface area contributed by atoms with Gasteiger partial charge in [0.2, 0.25) is 0 Å². The minimum absolute atomic E-state index is 0.0214. The van der Waals surface area contributed by atoms with Crippen LogP contribution >= 0.6 is 0 Å². The molecule has 1 N–H and O–H groups in total. The predicted octanol–water partition coefficient (Wildman–Crippen LogP) is 3.54. The van der Waals surface area contributed by atoms with Crippen LogP contribution < -0.4 is 5.32 Å². The molecule has 0 aliphatic heterocycles. The highest BCUT2D eigenvalue weighted by Gasteiger charge is 2.38. The van der Waals surface area contributed by atoms with Gasteiger partial charge in [-0.1, -0.05) is 0 Å². The second kappa shape index (κ2) is 3.66. The lowest BCUT2D eigenvalue weighted by molar-refractivity contribution is -0.137. The van der Waals surface area contributed by atoms with E-state index in [1.807, 2.05) is 6.92 Å². The Balaban J connectivity index is 2.32. The summed E-state index contributed by atoms with van der Waals surface area (Å²) in [5, 5.41) is 11.9. The first-order chi connectivity index (χ1) is 7.84. The lowest BCUT2D eigenvalue weighted by Gasteiger charge is -2.15. The van der Waals surface area contributed by atoms with E-state index in [9.17, 15) is 13.2 Å². The molecule has 0 aromatic heterocycles. The van der Waals surface area contributed by atoms with E-state index >= 15 is 0 Å². The zero-order valence-corrected chi connectivity index (χ0v) is 9.23. The summed E-state index contributed by atoms with van der Waals surface area (Å²) in [5.41, 5.74) is -0.681. The number of nitrogens with one attached hydrogen (secondary N) is 1. The number of hydrogen-bond acceptors (Lipinski definition) is 2. The van der Waals surface area contributed by atoms with Gasteiger partial charge in [0.05, 0.1) is 17.2 Å². The maximum Gasteiger partial charge on any atom is 0.417 e. The smallest absolute Gasteiger partial charge is 0.380 e. The summed E-state index contributed by atoms with van der Waals surface area (Å²) < 4.78 is 37.6. The summed E-state index contributed by atoms with van der Waals surface area (Å²) in [5.74, 6) is 0. The molecule has 1 aromatic carbocycles. The molecule has 0 saturated heterocycles. The third-order valence-electron chi connectivity index (χ3n) is 2.89. The Bertz CT molecular complexity index is 482. The molecule has 1 fully saturated rings. The molecule has 0 bridgehead atoms. The van der Waals surface area contributed by atoms with Crippen LogP contribution in [0, 0.1) is 11.3 Å². The van der Waals surface area contributed by atoms with E-state index < -0.39 is 11.7 Å². The zero-order valence-electron chi connectivity index (χ0n) is 9.23. The molecule has 2 rings (SSSR count). The normalized spacial score (nSPS) is 17.4. The van der Waals surface area contributed by atoms with Gasteiger partial charge in [-0.25, -0.2) is 0 Å². The second-order valence-corrected chi connectivity index (χ2v) is 4.56. The molecule has 0 heterocycles. The summed E-state index contributed by atoms with van der Waals surface area (Å²) in [6, 6.07) is 5.16. The van der Waals surface area contributed by atoms with E-state index in [1.54, 1.807) is 6.07 Å². The molecule has 17 heavy (non-hydrogen) atoms. The van der Waals surface area contributed by atoms with Crippen LogP contribution in [0.3, 0.4) is 0 Å². The van der Waals surface area contributed by atoms with Crippen molar-refractivity contribution in [3.05, 3.63) is 29.3 Å². The van der Waals surface area contributed by atoms with E-state index in [-0.39, 0.29) is 11.1 Å². The first-order valence-corrected chi connectivity index (χ1v) is 5.24. The summed E-state index contributed by atoms with van der Waals surface area (Å²) in [6.07, 6.45) is -2.49. The largest absolute Gasteiger partial charge is 0.417 e. The van der Waals surface area contributed by atoms with Crippen LogP contribution in [0.5, 0.6) is 0 Å². The fourth-order valence-corrected chi connectivity index (χ4v) is 1.62. The van der Waals surface area contributed by atoms with Gasteiger partial charge in [-0.2, -0.15) is 18.4 Å². The Labute approximate surface area is 97.1 Å². The highest BCUT2D eigenvalue weighted by atomic mass is 19.4. The summed E-state index contributed by atoms with van der Waals surface area (Å²) >= 11 is 0. The minimum atomic E-state index is -4.48. The minimum Gasteiger partial charge on any atom is -0.380 e. The van der Waals surface area contributed by atoms with Crippen LogP contribution in [0.25, 0.3) is 0 Å². The van der Waals surface area contributed by atoms with Gasteiger partial charge < -0.3 is 5.32 Å². The summed E-state index contributed by atoms with van der Waals surface area (Å²) in [7, 11) is 0. The number of rotatable bonds is 2. The number of nitriles is 1. The average Bonchev–Trinajstić information content (AvgIpc) is 2.94. The van der Waals surface area contributed by atoms with E-state index in [0.717, 1.165) is 18.9 Å². The molecule has 5 heteroatoms. The molecule has 0 atom stereocenters. The first kappa shape index (κ1) is 11.8. The molecule has 1 aliphatic rings. The summed E-state index contributed by atoms with van der Waals surface area (Å²) in [6.45, 7) is 2.00. The van der Waals surface area contributed by atoms with Crippen molar-refractivity contribution >= 4 is 5.69 Å². The SMILES string of the molecule is CC1(Nc2ccc(C(F)(F)F)c(C#N)c2)CC1. The molecule has 1 aliphatic carbocycles.